The van der Waals surface area contributed by atoms with Crippen LogP contribution >= 0.6 is 0 Å². The zero-order valence-electron chi connectivity index (χ0n) is 14.5. The summed E-state index contributed by atoms with van der Waals surface area (Å²) in [5, 5.41) is 0. The first-order chi connectivity index (χ1) is 11.3. The number of pyridine rings is 1. The molecule has 0 amide bonds. The van der Waals surface area contributed by atoms with Gasteiger partial charge in [0.25, 0.3) is 0 Å². The summed E-state index contributed by atoms with van der Waals surface area (Å²) in [6.45, 7) is 4.92. The summed E-state index contributed by atoms with van der Waals surface area (Å²) in [5.41, 5.74) is 1.22. The highest BCUT2D eigenvalue weighted by atomic mass is 15.2. The normalized spacial score (nSPS) is 23.5. The number of nitrogens with zero attached hydrogens (tertiary/aromatic N) is 3. The maximum absolute atomic E-state index is 4.43. The Bertz CT molecular complexity index is 477. The van der Waals surface area contributed by atoms with E-state index in [1.165, 1.54) is 57.4 Å². The van der Waals surface area contributed by atoms with Crippen molar-refractivity contribution < 1.29 is 0 Å². The molecule has 1 fully saturated rings. The quantitative estimate of drug-likeness (QED) is 0.751. The largest absolute Gasteiger partial charge is 0.303 e. The Morgan fingerprint density at radius 1 is 1.17 bits per heavy atom. The molecule has 1 saturated heterocycles. The standard InChI is InChI=1S/C20H31N3/c1-22(17-18-7-3-2-4-8-18)20-11-15-23(16-12-20)14-10-19-9-5-6-13-21-19/h2-3,5-6,9,13,18,20H,4,7-8,10-12,14-17H2,1H3. The van der Waals surface area contributed by atoms with Gasteiger partial charge in [0.1, 0.15) is 0 Å². The Balaban J connectivity index is 1.37. The third kappa shape index (κ3) is 5.15. The van der Waals surface area contributed by atoms with E-state index in [4.69, 9.17) is 0 Å². The van der Waals surface area contributed by atoms with Crippen LogP contribution in [0.5, 0.6) is 0 Å². The van der Waals surface area contributed by atoms with E-state index in [9.17, 15) is 0 Å². The molecule has 0 spiro atoms. The molecule has 23 heavy (non-hydrogen) atoms. The molecular weight excluding hydrogens is 282 g/mol. The number of likely N-dealkylation sites (tertiary alicyclic amines) is 1. The van der Waals surface area contributed by atoms with E-state index in [2.05, 4.69) is 46.1 Å². The topological polar surface area (TPSA) is 19.4 Å². The summed E-state index contributed by atoms with van der Waals surface area (Å²) in [6, 6.07) is 7.00. The van der Waals surface area contributed by atoms with Crippen LogP contribution in [0, 0.1) is 5.92 Å². The van der Waals surface area contributed by atoms with Gasteiger partial charge in [0.2, 0.25) is 0 Å². The second kappa shape index (κ2) is 8.60. The number of piperidine rings is 1. The summed E-state index contributed by atoms with van der Waals surface area (Å²) in [4.78, 5) is 9.68. The van der Waals surface area contributed by atoms with Crippen molar-refractivity contribution in [3.05, 3.63) is 42.2 Å². The highest BCUT2D eigenvalue weighted by molar-refractivity contribution is 5.03. The second-order valence-corrected chi connectivity index (χ2v) is 7.23. The molecule has 0 aromatic carbocycles. The predicted octanol–water partition coefficient (Wildman–Crippen LogP) is 3.38. The molecule has 1 aliphatic heterocycles. The Morgan fingerprint density at radius 2 is 2.04 bits per heavy atom. The highest BCUT2D eigenvalue weighted by Gasteiger charge is 2.24. The number of allylic oxidation sites excluding steroid dienone is 2. The molecule has 3 rings (SSSR count). The van der Waals surface area contributed by atoms with Crippen LogP contribution in [0.2, 0.25) is 0 Å². The van der Waals surface area contributed by atoms with E-state index in [1.54, 1.807) is 0 Å². The molecule has 2 aliphatic rings. The molecule has 0 bridgehead atoms. The zero-order valence-corrected chi connectivity index (χ0v) is 14.5. The van der Waals surface area contributed by atoms with Crippen molar-refractivity contribution in [3.8, 4) is 0 Å². The molecule has 1 aromatic heterocycles. The fourth-order valence-electron chi connectivity index (χ4n) is 3.98. The predicted molar refractivity (Wildman–Crippen MR) is 96.5 cm³/mol. The van der Waals surface area contributed by atoms with E-state index < -0.39 is 0 Å². The summed E-state index contributed by atoms with van der Waals surface area (Å²) in [6.07, 6.45) is 14.3. The van der Waals surface area contributed by atoms with Gasteiger partial charge >= 0.3 is 0 Å². The van der Waals surface area contributed by atoms with Crippen LogP contribution in [-0.2, 0) is 6.42 Å². The van der Waals surface area contributed by atoms with Crippen LogP contribution in [0.25, 0.3) is 0 Å². The summed E-state index contributed by atoms with van der Waals surface area (Å²) < 4.78 is 0. The fourth-order valence-corrected chi connectivity index (χ4v) is 3.98. The van der Waals surface area contributed by atoms with E-state index in [1.807, 2.05) is 12.3 Å². The minimum atomic E-state index is 0.784. The average Bonchev–Trinajstić information content (AvgIpc) is 2.62. The van der Waals surface area contributed by atoms with Gasteiger partial charge in [-0.05, 0) is 70.3 Å². The van der Waals surface area contributed by atoms with Gasteiger partial charge in [-0.25, -0.2) is 0 Å². The smallest absolute Gasteiger partial charge is 0.0416 e. The summed E-state index contributed by atoms with van der Waals surface area (Å²) >= 11 is 0. The van der Waals surface area contributed by atoms with Gasteiger partial charge in [-0.3, -0.25) is 4.98 Å². The second-order valence-electron chi connectivity index (χ2n) is 7.23. The van der Waals surface area contributed by atoms with Crippen LogP contribution in [-0.4, -0.2) is 54.1 Å². The SMILES string of the molecule is CN(CC1CC=CCC1)C1CCN(CCc2ccccn2)CC1. The maximum Gasteiger partial charge on any atom is 0.0416 e. The van der Waals surface area contributed by atoms with Crippen LogP contribution < -0.4 is 0 Å². The Morgan fingerprint density at radius 3 is 2.74 bits per heavy atom. The molecule has 2 heterocycles. The molecule has 0 radical (unpaired) electrons. The van der Waals surface area contributed by atoms with E-state index in [0.29, 0.717) is 0 Å². The molecule has 126 valence electrons. The molecule has 3 nitrogen and oxygen atoms in total. The van der Waals surface area contributed by atoms with Crippen LogP contribution in [0.15, 0.2) is 36.5 Å². The molecule has 1 unspecified atom stereocenters. The minimum absolute atomic E-state index is 0.784. The number of hydrogen-bond donors (Lipinski definition) is 0. The summed E-state index contributed by atoms with van der Waals surface area (Å²) in [5.74, 6) is 0.882. The lowest BCUT2D eigenvalue weighted by molar-refractivity contribution is 0.114. The van der Waals surface area contributed by atoms with Crippen molar-refractivity contribution in [1.82, 2.24) is 14.8 Å². The molecule has 1 aromatic rings. The number of aromatic nitrogens is 1. The Hall–Kier alpha value is -1.19. The summed E-state index contributed by atoms with van der Waals surface area (Å²) in [7, 11) is 2.34. The first kappa shape index (κ1) is 16.7. The van der Waals surface area contributed by atoms with Crippen LogP contribution in [0.3, 0.4) is 0 Å². The van der Waals surface area contributed by atoms with E-state index >= 15 is 0 Å². The van der Waals surface area contributed by atoms with Gasteiger partial charge in [-0.15, -0.1) is 0 Å². The lowest BCUT2D eigenvalue weighted by Gasteiger charge is -2.38. The van der Waals surface area contributed by atoms with Gasteiger partial charge < -0.3 is 9.80 Å². The van der Waals surface area contributed by atoms with E-state index in [0.717, 1.165) is 24.9 Å². The first-order valence-electron chi connectivity index (χ1n) is 9.29. The molecule has 0 saturated carbocycles. The highest BCUT2D eigenvalue weighted by Crippen LogP contribution is 2.22. The van der Waals surface area contributed by atoms with Gasteiger partial charge in [0.15, 0.2) is 0 Å². The van der Waals surface area contributed by atoms with Crippen LogP contribution in [0.4, 0.5) is 0 Å². The van der Waals surface area contributed by atoms with Gasteiger partial charge in [0, 0.05) is 37.4 Å². The van der Waals surface area contributed by atoms with Crippen LogP contribution in [0.1, 0.15) is 37.8 Å². The van der Waals surface area contributed by atoms with E-state index in [-0.39, 0.29) is 0 Å². The molecule has 1 aliphatic carbocycles. The molecule has 1 atom stereocenters. The average molecular weight is 313 g/mol. The molecule has 0 N–H and O–H groups in total. The van der Waals surface area contributed by atoms with Crippen molar-refractivity contribution in [2.45, 2.75) is 44.6 Å². The van der Waals surface area contributed by atoms with Gasteiger partial charge in [-0.1, -0.05) is 18.2 Å². The van der Waals surface area contributed by atoms with Gasteiger partial charge in [-0.2, -0.15) is 0 Å². The van der Waals surface area contributed by atoms with Crippen molar-refractivity contribution >= 4 is 0 Å². The number of hydrogen-bond acceptors (Lipinski definition) is 3. The fraction of sp³-hybridized carbons (Fsp3) is 0.650. The zero-order chi connectivity index (χ0) is 15.9. The first-order valence-corrected chi connectivity index (χ1v) is 9.29. The molecule has 3 heteroatoms. The molecular formula is C20H31N3. The Kier molecular flexibility index (Phi) is 6.23. The van der Waals surface area contributed by atoms with Crippen molar-refractivity contribution in [3.63, 3.8) is 0 Å². The van der Waals surface area contributed by atoms with Crippen molar-refractivity contribution in [2.24, 2.45) is 5.92 Å². The Labute approximate surface area is 141 Å². The van der Waals surface area contributed by atoms with Gasteiger partial charge in [0.05, 0.1) is 0 Å². The lowest BCUT2D eigenvalue weighted by atomic mass is 9.93. The third-order valence-electron chi connectivity index (χ3n) is 5.51. The lowest BCUT2D eigenvalue weighted by Crippen LogP contribution is -2.45. The van der Waals surface area contributed by atoms with Crippen molar-refractivity contribution in [2.75, 3.05) is 33.2 Å². The number of rotatable bonds is 6. The van der Waals surface area contributed by atoms with Crippen molar-refractivity contribution in [1.29, 1.82) is 0 Å². The maximum atomic E-state index is 4.43. The monoisotopic (exact) mass is 313 g/mol. The minimum Gasteiger partial charge on any atom is -0.303 e. The third-order valence-corrected chi connectivity index (χ3v) is 5.51.